The fourth-order valence-electron chi connectivity index (χ4n) is 2.28. The zero-order valence-corrected chi connectivity index (χ0v) is 14.1. The smallest absolute Gasteiger partial charge is 0.225 e. The fourth-order valence-corrected chi connectivity index (χ4v) is 2.38. The Kier molecular flexibility index (Phi) is 7.01. The molecule has 1 aliphatic heterocycles. The molecule has 128 valence electrons. The Labute approximate surface area is 141 Å². The number of carbonyl (C=O) groups excluding carboxylic acids is 1. The van der Waals surface area contributed by atoms with Crippen LogP contribution in [0.15, 0.2) is 12.4 Å². The average molecular weight is 343 g/mol. The minimum Gasteiger partial charge on any atom is -0.391 e. The maximum Gasteiger partial charge on any atom is 0.225 e. The monoisotopic (exact) mass is 342 g/mol. The molecule has 2 heterocycles. The van der Waals surface area contributed by atoms with Crippen LogP contribution in [-0.4, -0.2) is 71.4 Å². The van der Waals surface area contributed by atoms with Crippen LogP contribution in [0.5, 0.6) is 0 Å². The quantitative estimate of drug-likeness (QED) is 0.743. The summed E-state index contributed by atoms with van der Waals surface area (Å²) in [5.41, 5.74) is 0. The number of anilines is 1. The van der Waals surface area contributed by atoms with Crippen molar-refractivity contribution in [2.45, 2.75) is 25.9 Å². The van der Waals surface area contributed by atoms with Crippen LogP contribution in [-0.2, 0) is 9.53 Å². The van der Waals surface area contributed by atoms with Gasteiger partial charge in [-0.15, -0.1) is 0 Å². The predicted molar refractivity (Wildman–Crippen MR) is 87.6 cm³/mol. The molecular formula is C15H23ClN4O3. The summed E-state index contributed by atoms with van der Waals surface area (Å²) >= 11 is 5.78. The number of piperazine rings is 1. The zero-order chi connectivity index (χ0) is 16.7. The van der Waals surface area contributed by atoms with Crippen molar-refractivity contribution in [2.24, 2.45) is 0 Å². The van der Waals surface area contributed by atoms with Crippen molar-refractivity contribution >= 4 is 23.5 Å². The second-order valence-corrected chi connectivity index (χ2v) is 5.89. The predicted octanol–water partition coefficient (Wildman–Crippen LogP) is 0.956. The maximum absolute atomic E-state index is 12.1. The van der Waals surface area contributed by atoms with Crippen LogP contribution in [0.25, 0.3) is 0 Å². The molecule has 0 saturated carbocycles. The maximum atomic E-state index is 12.1. The van der Waals surface area contributed by atoms with Gasteiger partial charge in [0.05, 0.1) is 43.2 Å². The number of aromatic nitrogens is 2. The van der Waals surface area contributed by atoms with Crippen LogP contribution in [0.4, 0.5) is 5.95 Å². The van der Waals surface area contributed by atoms with Crippen molar-refractivity contribution in [3.8, 4) is 0 Å². The van der Waals surface area contributed by atoms with E-state index in [-0.39, 0.29) is 12.5 Å². The van der Waals surface area contributed by atoms with E-state index in [9.17, 15) is 9.90 Å². The van der Waals surface area contributed by atoms with Crippen molar-refractivity contribution < 1.29 is 14.6 Å². The first-order chi connectivity index (χ1) is 11.1. The number of carbonyl (C=O) groups is 1. The number of rotatable bonds is 7. The second-order valence-electron chi connectivity index (χ2n) is 5.46. The normalized spacial score (nSPS) is 16.5. The number of aliphatic hydroxyl groups is 1. The third-order valence-corrected chi connectivity index (χ3v) is 3.96. The number of hydrogen-bond donors (Lipinski definition) is 1. The Hall–Kier alpha value is -1.44. The van der Waals surface area contributed by atoms with E-state index in [4.69, 9.17) is 16.3 Å². The molecule has 23 heavy (non-hydrogen) atoms. The lowest BCUT2D eigenvalue weighted by atomic mass is 10.3. The molecule has 1 atom stereocenters. The number of nitrogens with zero attached hydrogens (tertiary/aromatic N) is 4. The summed E-state index contributed by atoms with van der Waals surface area (Å²) in [5, 5.41) is 9.89. The first-order valence-corrected chi connectivity index (χ1v) is 8.24. The lowest BCUT2D eigenvalue weighted by Gasteiger charge is -2.34. The highest BCUT2D eigenvalue weighted by atomic mass is 35.5. The molecule has 0 aliphatic carbocycles. The van der Waals surface area contributed by atoms with Crippen molar-refractivity contribution in [2.75, 3.05) is 44.3 Å². The van der Waals surface area contributed by atoms with E-state index in [1.165, 1.54) is 0 Å². The fraction of sp³-hybridized carbons (Fsp3) is 0.667. The SMILES string of the molecule is CCC(O)COCCC(=O)N1CCN(c2ncc(Cl)cn2)CC1. The number of ether oxygens (including phenoxy) is 1. The molecule has 2 rings (SSSR count). The van der Waals surface area contributed by atoms with Gasteiger partial charge in [0.15, 0.2) is 0 Å². The highest BCUT2D eigenvalue weighted by Gasteiger charge is 2.22. The second kappa shape index (κ2) is 9.00. The minimum atomic E-state index is -0.451. The van der Waals surface area contributed by atoms with Crippen LogP contribution in [0.3, 0.4) is 0 Å². The van der Waals surface area contributed by atoms with Gasteiger partial charge in [0.25, 0.3) is 0 Å². The lowest BCUT2D eigenvalue weighted by molar-refractivity contribution is -0.132. The molecule has 1 saturated heterocycles. The van der Waals surface area contributed by atoms with Crippen molar-refractivity contribution in [3.05, 3.63) is 17.4 Å². The van der Waals surface area contributed by atoms with Gasteiger partial charge in [-0.2, -0.15) is 0 Å². The molecule has 1 fully saturated rings. The Morgan fingerprint density at radius 2 is 2.00 bits per heavy atom. The van der Waals surface area contributed by atoms with E-state index >= 15 is 0 Å². The summed E-state index contributed by atoms with van der Waals surface area (Å²) in [6.07, 6.45) is 3.69. The first kappa shape index (κ1) is 17.9. The molecule has 0 aromatic carbocycles. The van der Waals surface area contributed by atoms with Gasteiger partial charge in [-0.05, 0) is 6.42 Å². The van der Waals surface area contributed by atoms with Crippen molar-refractivity contribution in [1.29, 1.82) is 0 Å². The van der Waals surface area contributed by atoms with Gasteiger partial charge in [-0.1, -0.05) is 18.5 Å². The summed E-state index contributed by atoms with van der Waals surface area (Å²) < 4.78 is 5.31. The molecule has 1 N–H and O–H groups in total. The van der Waals surface area contributed by atoms with E-state index in [0.29, 0.717) is 56.6 Å². The Morgan fingerprint density at radius 1 is 1.35 bits per heavy atom. The van der Waals surface area contributed by atoms with Crippen LogP contribution in [0, 0.1) is 0 Å². The van der Waals surface area contributed by atoms with Crippen LogP contribution in [0.1, 0.15) is 19.8 Å². The van der Waals surface area contributed by atoms with Gasteiger partial charge >= 0.3 is 0 Å². The van der Waals surface area contributed by atoms with E-state index < -0.39 is 6.10 Å². The van der Waals surface area contributed by atoms with Gasteiger partial charge in [0, 0.05) is 26.2 Å². The van der Waals surface area contributed by atoms with E-state index in [1.807, 2.05) is 16.7 Å². The van der Waals surface area contributed by atoms with E-state index in [2.05, 4.69) is 9.97 Å². The molecule has 0 radical (unpaired) electrons. The summed E-state index contributed by atoms with van der Waals surface area (Å²) in [6.45, 7) is 5.20. The number of hydrogen-bond acceptors (Lipinski definition) is 6. The summed E-state index contributed by atoms with van der Waals surface area (Å²) in [5.74, 6) is 0.714. The van der Waals surface area contributed by atoms with Crippen molar-refractivity contribution in [3.63, 3.8) is 0 Å². The molecule has 7 nitrogen and oxygen atoms in total. The van der Waals surface area contributed by atoms with Gasteiger partial charge in [-0.3, -0.25) is 4.79 Å². The number of halogens is 1. The Bertz CT molecular complexity index is 492. The van der Waals surface area contributed by atoms with Crippen LogP contribution >= 0.6 is 11.6 Å². The minimum absolute atomic E-state index is 0.0765. The Morgan fingerprint density at radius 3 is 2.61 bits per heavy atom. The molecule has 0 spiro atoms. The average Bonchev–Trinajstić information content (AvgIpc) is 2.59. The molecule has 1 unspecified atom stereocenters. The van der Waals surface area contributed by atoms with Crippen molar-refractivity contribution in [1.82, 2.24) is 14.9 Å². The standard InChI is InChI=1S/C15H23ClN4O3/c1-2-13(21)11-23-8-3-14(22)19-4-6-20(7-5-19)15-17-9-12(16)10-18-15/h9-10,13,21H,2-8,11H2,1H3. The highest BCUT2D eigenvalue weighted by Crippen LogP contribution is 2.13. The summed E-state index contributed by atoms with van der Waals surface area (Å²) in [7, 11) is 0. The highest BCUT2D eigenvalue weighted by molar-refractivity contribution is 6.30. The first-order valence-electron chi connectivity index (χ1n) is 7.86. The number of aliphatic hydroxyl groups excluding tert-OH is 1. The van der Waals surface area contributed by atoms with E-state index in [1.54, 1.807) is 12.4 Å². The lowest BCUT2D eigenvalue weighted by Crippen LogP contribution is -2.49. The molecule has 1 aromatic rings. The topological polar surface area (TPSA) is 78.8 Å². The molecule has 1 aromatic heterocycles. The summed E-state index contributed by atoms with van der Waals surface area (Å²) in [4.78, 5) is 24.4. The zero-order valence-electron chi connectivity index (χ0n) is 13.3. The number of amides is 1. The molecule has 1 aliphatic rings. The van der Waals surface area contributed by atoms with Gasteiger partial charge in [-0.25, -0.2) is 9.97 Å². The van der Waals surface area contributed by atoms with Gasteiger partial charge in [0.1, 0.15) is 0 Å². The van der Waals surface area contributed by atoms with Gasteiger partial charge in [0.2, 0.25) is 11.9 Å². The largest absolute Gasteiger partial charge is 0.391 e. The van der Waals surface area contributed by atoms with Crippen LogP contribution < -0.4 is 4.90 Å². The van der Waals surface area contributed by atoms with Gasteiger partial charge < -0.3 is 19.6 Å². The molecule has 0 bridgehead atoms. The third-order valence-electron chi connectivity index (χ3n) is 3.76. The van der Waals surface area contributed by atoms with E-state index in [0.717, 1.165) is 0 Å². The summed E-state index contributed by atoms with van der Waals surface area (Å²) in [6, 6.07) is 0. The Balaban J connectivity index is 1.69. The molecule has 8 heteroatoms. The van der Waals surface area contributed by atoms with Crippen LogP contribution in [0.2, 0.25) is 5.02 Å². The molecule has 1 amide bonds. The third kappa shape index (κ3) is 5.60. The molecular weight excluding hydrogens is 320 g/mol.